The van der Waals surface area contributed by atoms with Gasteiger partial charge in [-0.3, -0.25) is 4.79 Å². The molecule has 4 rings (SSSR count). The first-order chi connectivity index (χ1) is 15.1. The standard InChI is InChI=1S/C24H25FN2O4/c1-29-20-9-7-17(8-10-20)12-22-14-26-24(31-22)18-4-3-11-27(15-18)23(28)16-30-21-6-2-5-19(25)13-21/h2,5-10,13-14,18H,3-4,11-12,15-16H2,1H3. The van der Waals surface area contributed by atoms with E-state index in [0.717, 1.165) is 29.9 Å². The number of benzene rings is 2. The van der Waals surface area contributed by atoms with Crippen LogP contribution >= 0.6 is 0 Å². The molecule has 0 spiro atoms. The van der Waals surface area contributed by atoms with E-state index in [0.29, 0.717) is 31.2 Å². The Morgan fingerprint density at radius 1 is 1.23 bits per heavy atom. The minimum atomic E-state index is -0.391. The van der Waals surface area contributed by atoms with Gasteiger partial charge in [-0.2, -0.15) is 0 Å². The Labute approximate surface area is 180 Å². The predicted octanol–water partition coefficient (Wildman–Crippen LogP) is 4.20. The average molecular weight is 424 g/mol. The molecule has 3 aromatic rings. The summed E-state index contributed by atoms with van der Waals surface area (Å²) in [6.45, 7) is 1.08. The molecule has 1 atom stereocenters. The second-order valence-electron chi connectivity index (χ2n) is 7.61. The van der Waals surface area contributed by atoms with E-state index in [2.05, 4.69) is 4.98 Å². The number of carbonyl (C=O) groups excluding carboxylic acids is 1. The molecule has 1 unspecified atom stereocenters. The molecule has 0 radical (unpaired) electrons. The van der Waals surface area contributed by atoms with Gasteiger partial charge in [0.2, 0.25) is 0 Å². The average Bonchev–Trinajstić information content (AvgIpc) is 3.27. The first kappa shape index (κ1) is 20.9. The van der Waals surface area contributed by atoms with Crippen molar-refractivity contribution in [2.45, 2.75) is 25.2 Å². The lowest BCUT2D eigenvalue weighted by molar-refractivity contribution is -0.134. The number of hydrogen-bond donors (Lipinski definition) is 0. The van der Waals surface area contributed by atoms with Crippen LogP contribution in [-0.2, 0) is 11.2 Å². The Balaban J connectivity index is 1.33. The predicted molar refractivity (Wildman–Crippen MR) is 113 cm³/mol. The molecule has 1 saturated heterocycles. The summed E-state index contributed by atoms with van der Waals surface area (Å²) in [7, 11) is 1.64. The molecule has 1 amide bonds. The zero-order valence-electron chi connectivity index (χ0n) is 17.4. The molecule has 0 saturated carbocycles. The highest BCUT2D eigenvalue weighted by molar-refractivity contribution is 5.78. The van der Waals surface area contributed by atoms with Crippen LogP contribution in [-0.4, -0.2) is 42.6 Å². The summed E-state index contributed by atoms with van der Waals surface area (Å²) >= 11 is 0. The van der Waals surface area contributed by atoms with Gasteiger partial charge in [-0.05, 0) is 42.7 Å². The third kappa shape index (κ3) is 5.42. The first-order valence-electron chi connectivity index (χ1n) is 10.3. The number of likely N-dealkylation sites (tertiary alicyclic amines) is 1. The van der Waals surface area contributed by atoms with E-state index in [1.165, 1.54) is 12.1 Å². The smallest absolute Gasteiger partial charge is 0.260 e. The van der Waals surface area contributed by atoms with Crippen LogP contribution in [0.25, 0.3) is 0 Å². The second-order valence-corrected chi connectivity index (χ2v) is 7.61. The Morgan fingerprint density at radius 2 is 2.06 bits per heavy atom. The minimum Gasteiger partial charge on any atom is -0.497 e. The van der Waals surface area contributed by atoms with Crippen molar-refractivity contribution in [1.82, 2.24) is 9.88 Å². The topological polar surface area (TPSA) is 64.8 Å². The fourth-order valence-electron chi connectivity index (χ4n) is 3.74. The summed E-state index contributed by atoms with van der Waals surface area (Å²) < 4.78 is 29.9. The number of piperidine rings is 1. The van der Waals surface area contributed by atoms with Crippen molar-refractivity contribution in [2.75, 3.05) is 26.8 Å². The molecule has 6 nitrogen and oxygen atoms in total. The lowest BCUT2D eigenvalue weighted by Crippen LogP contribution is -2.41. The van der Waals surface area contributed by atoms with Gasteiger partial charge < -0.3 is 18.8 Å². The number of rotatable bonds is 7. The Bertz CT molecular complexity index is 1020. The van der Waals surface area contributed by atoms with Crippen LogP contribution < -0.4 is 9.47 Å². The molecule has 1 aliphatic rings. The molecule has 1 fully saturated rings. The van der Waals surface area contributed by atoms with Crippen LogP contribution in [0.5, 0.6) is 11.5 Å². The van der Waals surface area contributed by atoms with E-state index < -0.39 is 5.82 Å². The maximum Gasteiger partial charge on any atom is 0.260 e. The fourth-order valence-corrected chi connectivity index (χ4v) is 3.74. The van der Waals surface area contributed by atoms with Crippen molar-refractivity contribution >= 4 is 5.91 Å². The Morgan fingerprint density at radius 3 is 2.84 bits per heavy atom. The number of carbonyl (C=O) groups is 1. The monoisotopic (exact) mass is 424 g/mol. The molecule has 2 aromatic carbocycles. The van der Waals surface area contributed by atoms with Crippen molar-refractivity contribution < 1.29 is 23.1 Å². The largest absolute Gasteiger partial charge is 0.497 e. The molecule has 162 valence electrons. The number of ether oxygens (including phenoxy) is 2. The van der Waals surface area contributed by atoms with E-state index in [4.69, 9.17) is 13.9 Å². The summed E-state index contributed by atoms with van der Waals surface area (Å²) in [6.07, 6.45) is 4.19. The van der Waals surface area contributed by atoms with Gasteiger partial charge in [0, 0.05) is 25.6 Å². The highest BCUT2D eigenvalue weighted by Crippen LogP contribution is 2.27. The normalized spacial score (nSPS) is 16.2. The third-order valence-electron chi connectivity index (χ3n) is 5.39. The van der Waals surface area contributed by atoms with Gasteiger partial charge in [0.25, 0.3) is 5.91 Å². The van der Waals surface area contributed by atoms with Crippen LogP contribution in [0.4, 0.5) is 4.39 Å². The van der Waals surface area contributed by atoms with Crippen molar-refractivity contribution in [3.63, 3.8) is 0 Å². The number of amides is 1. The summed E-state index contributed by atoms with van der Waals surface area (Å²) in [5, 5.41) is 0. The maximum atomic E-state index is 13.3. The van der Waals surface area contributed by atoms with E-state index in [1.54, 1.807) is 30.3 Å². The molecule has 2 heterocycles. The van der Waals surface area contributed by atoms with Crippen molar-refractivity contribution in [3.8, 4) is 11.5 Å². The molecular weight excluding hydrogens is 399 g/mol. The maximum absolute atomic E-state index is 13.3. The van der Waals surface area contributed by atoms with Gasteiger partial charge in [0.05, 0.1) is 19.2 Å². The minimum absolute atomic E-state index is 0.0523. The summed E-state index contributed by atoms with van der Waals surface area (Å²) in [4.78, 5) is 18.8. The van der Waals surface area contributed by atoms with Crippen LogP contribution in [0.15, 0.2) is 59.1 Å². The van der Waals surface area contributed by atoms with E-state index in [-0.39, 0.29) is 18.4 Å². The molecule has 1 aromatic heterocycles. The molecule has 0 aliphatic carbocycles. The van der Waals surface area contributed by atoms with E-state index >= 15 is 0 Å². The van der Waals surface area contributed by atoms with Gasteiger partial charge in [0.15, 0.2) is 12.5 Å². The van der Waals surface area contributed by atoms with Gasteiger partial charge in [-0.15, -0.1) is 0 Å². The summed E-state index contributed by atoms with van der Waals surface area (Å²) in [5.41, 5.74) is 1.11. The van der Waals surface area contributed by atoms with Crippen LogP contribution in [0.2, 0.25) is 0 Å². The Kier molecular flexibility index (Phi) is 6.50. The Hall–Kier alpha value is -3.35. The van der Waals surface area contributed by atoms with Crippen LogP contribution in [0, 0.1) is 5.82 Å². The molecule has 7 heteroatoms. The summed E-state index contributed by atoms with van der Waals surface area (Å²) in [5.74, 6) is 2.14. The van der Waals surface area contributed by atoms with Gasteiger partial charge >= 0.3 is 0 Å². The number of halogens is 1. The lowest BCUT2D eigenvalue weighted by atomic mass is 9.98. The van der Waals surface area contributed by atoms with E-state index in [9.17, 15) is 9.18 Å². The number of nitrogens with zero attached hydrogens (tertiary/aromatic N) is 2. The third-order valence-corrected chi connectivity index (χ3v) is 5.39. The lowest BCUT2D eigenvalue weighted by Gasteiger charge is -2.31. The second kappa shape index (κ2) is 9.64. The summed E-state index contributed by atoms with van der Waals surface area (Å²) in [6, 6.07) is 13.6. The SMILES string of the molecule is COc1ccc(Cc2cnc(C3CCCN(C(=O)COc4cccc(F)c4)C3)o2)cc1. The van der Waals surface area contributed by atoms with E-state index in [1.807, 2.05) is 24.3 Å². The van der Waals surface area contributed by atoms with Gasteiger partial charge in [0.1, 0.15) is 23.1 Å². The zero-order valence-corrected chi connectivity index (χ0v) is 17.4. The van der Waals surface area contributed by atoms with Crippen molar-refractivity contribution in [3.05, 3.63) is 77.8 Å². The highest BCUT2D eigenvalue weighted by atomic mass is 19.1. The number of oxazole rings is 1. The molecule has 31 heavy (non-hydrogen) atoms. The molecular formula is C24H25FN2O4. The molecule has 0 bridgehead atoms. The number of hydrogen-bond acceptors (Lipinski definition) is 5. The quantitative estimate of drug-likeness (QED) is 0.569. The van der Waals surface area contributed by atoms with Crippen molar-refractivity contribution in [2.24, 2.45) is 0 Å². The van der Waals surface area contributed by atoms with Crippen molar-refractivity contribution in [1.29, 1.82) is 0 Å². The van der Waals surface area contributed by atoms with Crippen LogP contribution in [0.3, 0.4) is 0 Å². The molecule has 1 aliphatic heterocycles. The van der Waals surface area contributed by atoms with Gasteiger partial charge in [-0.1, -0.05) is 18.2 Å². The van der Waals surface area contributed by atoms with Crippen LogP contribution in [0.1, 0.15) is 36.0 Å². The first-order valence-corrected chi connectivity index (χ1v) is 10.3. The zero-order chi connectivity index (χ0) is 21.6. The van der Waals surface area contributed by atoms with Gasteiger partial charge in [-0.25, -0.2) is 9.37 Å². The fraction of sp³-hybridized carbons (Fsp3) is 0.333. The number of methoxy groups -OCH3 is 1. The number of aromatic nitrogens is 1. The highest BCUT2D eigenvalue weighted by Gasteiger charge is 2.28. The molecule has 0 N–H and O–H groups in total.